The number of benzene rings is 1. The van der Waals surface area contributed by atoms with Crippen LogP contribution in [0.2, 0.25) is 0 Å². The Balaban J connectivity index is 1.50. The third-order valence-corrected chi connectivity index (χ3v) is 4.10. The first-order valence-electron chi connectivity index (χ1n) is 6.90. The summed E-state index contributed by atoms with van der Waals surface area (Å²) in [7, 11) is 0. The average Bonchev–Trinajstić information content (AvgIpc) is 2.96. The molecule has 0 heterocycles. The van der Waals surface area contributed by atoms with Gasteiger partial charge >= 0.3 is 5.97 Å². The van der Waals surface area contributed by atoms with Gasteiger partial charge in [0.05, 0.1) is 12.7 Å². The van der Waals surface area contributed by atoms with Crippen LogP contribution in [0, 0.1) is 18.3 Å². The van der Waals surface area contributed by atoms with E-state index in [2.05, 4.69) is 18.6 Å². The van der Waals surface area contributed by atoms with Crippen LogP contribution in [0.15, 0.2) is 30.3 Å². The van der Waals surface area contributed by atoms with E-state index in [1.807, 2.05) is 18.2 Å². The maximum atomic E-state index is 11.0. The van der Waals surface area contributed by atoms with Crippen LogP contribution in [0.3, 0.4) is 0 Å². The minimum Gasteiger partial charge on any atom is -0.462 e. The molecule has 1 aromatic rings. The Kier molecular flexibility index (Phi) is 3.56. The minimum atomic E-state index is -0.185. The van der Waals surface area contributed by atoms with Gasteiger partial charge < -0.3 is 9.47 Å². The lowest BCUT2D eigenvalue weighted by Gasteiger charge is -2.27. The lowest BCUT2D eigenvalue weighted by molar-refractivity contribution is -0.147. The zero-order chi connectivity index (χ0) is 13.2. The maximum Gasteiger partial charge on any atom is 0.302 e. The summed E-state index contributed by atoms with van der Waals surface area (Å²) >= 11 is 0. The van der Waals surface area contributed by atoms with Crippen molar-refractivity contribution < 1.29 is 14.3 Å². The van der Waals surface area contributed by atoms with Crippen LogP contribution < -0.4 is 0 Å². The molecule has 0 aliphatic heterocycles. The Bertz CT molecular complexity index is 443. The van der Waals surface area contributed by atoms with Crippen molar-refractivity contribution in [2.75, 3.05) is 0 Å². The van der Waals surface area contributed by atoms with E-state index in [0.717, 1.165) is 12.8 Å². The number of carbonyl (C=O) groups excluding carboxylic acids is 1. The molecule has 0 saturated heterocycles. The quantitative estimate of drug-likeness (QED) is 0.780. The normalized spacial score (nSPS) is 32.5. The summed E-state index contributed by atoms with van der Waals surface area (Å²) in [5, 5.41) is 0. The van der Waals surface area contributed by atoms with E-state index in [-0.39, 0.29) is 18.2 Å². The van der Waals surface area contributed by atoms with Gasteiger partial charge in [-0.2, -0.15) is 0 Å². The minimum absolute atomic E-state index is 0.0130. The average molecular weight is 259 g/mol. The molecule has 0 amide bonds. The molecule has 3 rings (SSSR count). The number of carbonyl (C=O) groups is 1. The van der Waals surface area contributed by atoms with E-state index in [0.29, 0.717) is 18.4 Å². The van der Waals surface area contributed by atoms with Crippen molar-refractivity contribution in [1.82, 2.24) is 0 Å². The van der Waals surface area contributed by atoms with Gasteiger partial charge in [-0.15, -0.1) is 0 Å². The SMILES string of the molecule is CC(=O)O[C@H]1[CH][C@H]2C[C@@H]1C[C@H]2OCc1ccccc1. The van der Waals surface area contributed by atoms with Crippen molar-refractivity contribution in [3.05, 3.63) is 42.3 Å². The van der Waals surface area contributed by atoms with Crippen molar-refractivity contribution in [3.63, 3.8) is 0 Å². The van der Waals surface area contributed by atoms with Crippen molar-refractivity contribution in [3.8, 4) is 0 Å². The second kappa shape index (κ2) is 5.33. The van der Waals surface area contributed by atoms with Crippen molar-refractivity contribution in [2.45, 2.75) is 38.6 Å². The molecule has 0 unspecified atom stereocenters. The monoisotopic (exact) mass is 259 g/mol. The molecule has 4 atom stereocenters. The Morgan fingerprint density at radius 3 is 2.68 bits per heavy atom. The van der Waals surface area contributed by atoms with Crippen molar-refractivity contribution in [1.29, 1.82) is 0 Å². The van der Waals surface area contributed by atoms with Crippen LogP contribution in [0.5, 0.6) is 0 Å². The molecule has 0 spiro atoms. The van der Waals surface area contributed by atoms with Gasteiger partial charge in [-0.1, -0.05) is 30.3 Å². The predicted molar refractivity (Wildman–Crippen MR) is 71.1 cm³/mol. The molecule has 2 saturated carbocycles. The van der Waals surface area contributed by atoms with Crippen LogP contribution in [0.25, 0.3) is 0 Å². The topological polar surface area (TPSA) is 35.5 Å². The first kappa shape index (κ1) is 12.7. The number of hydrogen-bond acceptors (Lipinski definition) is 3. The fraction of sp³-hybridized carbons (Fsp3) is 0.500. The molecular weight excluding hydrogens is 240 g/mol. The van der Waals surface area contributed by atoms with Gasteiger partial charge in [-0.3, -0.25) is 4.79 Å². The maximum absolute atomic E-state index is 11.0. The van der Waals surface area contributed by atoms with Gasteiger partial charge in [0.25, 0.3) is 0 Å². The first-order valence-corrected chi connectivity index (χ1v) is 6.90. The van der Waals surface area contributed by atoms with Gasteiger partial charge in [-0.05, 0) is 30.2 Å². The van der Waals surface area contributed by atoms with E-state index < -0.39 is 0 Å². The van der Waals surface area contributed by atoms with Gasteiger partial charge in [0.15, 0.2) is 0 Å². The van der Waals surface area contributed by atoms with E-state index in [4.69, 9.17) is 9.47 Å². The molecule has 0 N–H and O–H groups in total. The van der Waals surface area contributed by atoms with E-state index >= 15 is 0 Å². The van der Waals surface area contributed by atoms with Gasteiger partial charge in [0, 0.05) is 13.3 Å². The smallest absolute Gasteiger partial charge is 0.302 e. The summed E-state index contributed by atoms with van der Waals surface area (Å²) < 4.78 is 11.3. The van der Waals surface area contributed by atoms with Crippen LogP contribution >= 0.6 is 0 Å². The molecular formula is C16H19O3. The number of fused-ring (bicyclic) bond motifs is 2. The highest BCUT2D eigenvalue weighted by Crippen LogP contribution is 2.47. The summed E-state index contributed by atoms with van der Waals surface area (Å²) in [4.78, 5) is 11.0. The number of ether oxygens (including phenoxy) is 2. The van der Waals surface area contributed by atoms with E-state index in [9.17, 15) is 4.79 Å². The van der Waals surface area contributed by atoms with Crippen LogP contribution in [-0.2, 0) is 20.9 Å². The summed E-state index contributed by atoms with van der Waals surface area (Å²) in [5.41, 5.74) is 1.21. The molecule has 2 bridgehead atoms. The van der Waals surface area contributed by atoms with Crippen LogP contribution in [0.1, 0.15) is 25.3 Å². The molecule has 2 fully saturated rings. The Morgan fingerprint density at radius 1 is 1.26 bits per heavy atom. The molecule has 3 heteroatoms. The molecule has 2 aliphatic rings. The molecule has 3 nitrogen and oxygen atoms in total. The zero-order valence-electron chi connectivity index (χ0n) is 11.1. The zero-order valence-corrected chi connectivity index (χ0v) is 11.1. The summed E-state index contributed by atoms with van der Waals surface area (Å²) in [6, 6.07) is 10.2. The second-order valence-electron chi connectivity index (χ2n) is 5.50. The summed E-state index contributed by atoms with van der Waals surface area (Å²) in [5.74, 6) is 0.711. The predicted octanol–water partition coefficient (Wildman–Crippen LogP) is 2.75. The van der Waals surface area contributed by atoms with Crippen molar-refractivity contribution in [2.24, 2.45) is 11.8 Å². The molecule has 2 aliphatic carbocycles. The van der Waals surface area contributed by atoms with Crippen LogP contribution in [-0.4, -0.2) is 18.2 Å². The lowest BCUT2D eigenvalue weighted by atomic mass is 9.95. The Hall–Kier alpha value is -1.35. The molecule has 0 aromatic heterocycles. The largest absolute Gasteiger partial charge is 0.462 e. The second-order valence-corrected chi connectivity index (χ2v) is 5.50. The third kappa shape index (κ3) is 2.81. The Labute approximate surface area is 113 Å². The highest BCUT2D eigenvalue weighted by molar-refractivity contribution is 5.66. The van der Waals surface area contributed by atoms with E-state index in [1.165, 1.54) is 12.5 Å². The number of esters is 1. The van der Waals surface area contributed by atoms with Crippen LogP contribution in [0.4, 0.5) is 0 Å². The van der Waals surface area contributed by atoms with Gasteiger partial charge in [0.1, 0.15) is 6.10 Å². The van der Waals surface area contributed by atoms with Gasteiger partial charge in [0.2, 0.25) is 0 Å². The first-order chi connectivity index (χ1) is 9.22. The van der Waals surface area contributed by atoms with Gasteiger partial charge in [-0.25, -0.2) is 0 Å². The highest BCUT2D eigenvalue weighted by atomic mass is 16.5. The third-order valence-electron chi connectivity index (χ3n) is 4.10. The number of hydrogen-bond donors (Lipinski definition) is 0. The van der Waals surface area contributed by atoms with Crippen molar-refractivity contribution >= 4 is 5.97 Å². The molecule has 1 aromatic carbocycles. The number of rotatable bonds is 4. The lowest BCUT2D eigenvalue weighted by Crippen LogP contribution is -2.31. The summed E-state index contributed by atoms with van der Waals surface area (Å²) in [6.45, 7) is 2.14. The molecule has 19 heavy (non-hydrogen) atoms. The fourth-order valence-electron chi connectivity index (χ4n) is 3.24. The van der Waals surface area contributed by atoms with E-state index in [1.54, 1.807) is 0 Å². The summed E-state index contributed by atoms with van der Waals surface area (Å²) in [6.07, 6.45) is 4.56. The fourth-order valence-corrected chi connectivity index (χ4v) is 3.24. The standard InChI is InChI=1S/C16H19O3/c1-11(17)19-16-9-13-7-14(16)8-15(13)18-10-12-5-3-2-4-6-12/h2-6,9,13-16H,7-8,10H2,1H3/t13-,14-,15-,16+/m1/s1. The Morgan fingerprint density at radius 2 is 2.05 bits per heavy atom. The molecule has 1 radical (unpaired) electrons. The highest BCUT2D eigenvalue weighted by Gasteiger charge is 2.48. The molecule has 101 valence electrons.